The summed E-state index contributed by atoms with van der Waals surface area (Å²) in [6.45, 7) is 8.91. The summed E-state index contributed by atoms with van der Waals surface area (Å²) in [5.41, 5.74) is -2.29. The fourth-order valence-electron chi connectivity index (χ4n) is 5.22. The summed E-state index contributed by atoms with van der Waals surface area (Å²) < 4.78 is 6.38. The Morgan fingerprint density at radius 1 is 1.33 bits per heavy atom. The molecule has 0 aromatic carbocycles. The molecule has 152 valence electrons. The highest BCUT2D eigenvalue weighted by Gasteiger charge is 2.78. The van der Waals surface area contributed by atoms with Crippen LogP contribution in [-0.4, -0.2) is 70.2 Å². The van der Waals surface area contributed by atoms with Crippen molar-refractivity contribution < 1.29 is 24.2 Å². The molecule has 3 amide bonds. The molecule has 3 fully saturated rings. The van der Waals surface area contributed by atoms with E-state index in [9.17, 15) is 19.5 Å². The molecule has 0 aromatic rings. The third-order valence-electron chi connectivity index (χ3n) is 6.23. The lowest BCUT2D eigenvalue weighted by atomic mass is 9.66. The molecule has 0 radical (unpaired) electrons. The largest absolute Gasteiger partial charge is 0.394 e. The number of aliphatic hydroxyl groups is 1. The molecular formula is C19H31N3O5. The van der Waals surface area contributed by atoms with Gasteiger partial charge in [0.05, 0.1) is 30.1 Å². The molecule has 3 saturated heterocycles. The average molecular weight is 381 g/mol. The Kier molecular flexibility index (Phi) is 4.59. The topological polar surface area (TPSA) is 108 Å². The van der Waals surface area contributed by atoms with Gasteiger partial charge in [0, 0.05) is 12.6 Å². The van der Waals surface area contributed by atoms with E-state index in [2.05, 4.69) is 10.6 Å². The van der Waals surface area contributed by atoms with E-state index in [0.717, 1.165) is 0 Å². The number of carbonyl (C=O) groups is 3. The molecule has 0 saturated carbocycles. The lowest BCUT2D eigenvalue weighted by Crippen LogP contribution is -2.60. The summed E-state index contributed by atoms with van der Waals surface area (Å²) in [4.78, 5) is 40.7. The molecule has 0 aliphatic carbocycles. The van der Waals surface area contributed by atoms with Crippen LogP contribution in [-0.2, 0) is 19.1 Å². The Bertz CT molecular complexity index is 675. The molecule has 8 nitrogen and oxygen atoms in total. The van der Waals surface area contributed by atoms with Gasteiger partial charge in [0.2, 0.25) is 17.7 Å². The number of nitrogens with one attached hydrogen (secondary N) is 2. The van der Waals surface area contributed by atoms with Crippen molar-refractivity contribution in [2.24, 2.45) is 11.8 Å². The van der Waals surface area contributed by atoms with Gasteiger partial charge in [-0.05, 0) is 47.5 Å². The Hall–Kier alpha value is -1.67. The van der Waals surface area contributed by atoms with Crippen molar-refractivity contribution in [3.8, 4) is 0 Å². The summed E-state index contributed by atoms with van der Waals surface area (Å²) in [6, 6.07) is -1.41. The van der Waals surface area contributed by atoms with E-state index in [4.69, 9.17) is 4.74 Å². The molecule has 3 aliphatic rings. The second kappa shape index (κ2) is 6.17. The Morgan fingerprint density at radius 3 is 2.48 bits per heavy atom. The van der Waals surface area contributed by atoms with Crippen molar-refractivity contribution in [3.63, 3.8) is 0 Å². The first kappa shape index (κ1) is 20.1. The number of fused-ring (bicyclic) bond motifs is 1. The summed E-state index contributed by atoms with van der Waals surface area (Å²) >= 11 is 0. The van der Waals surface area contributed by atoms with Crippen molar-refractivity contribution >= 4 is 17.7 Å². The minimum absolute atomic E-state index is 0.245. The van der Waals surface area contributed by atoms with Gasteiger partial charge in [0.15, 0.2) is 0 Å². The lowest BCUT2D eigenvalue weighted by Gasteiger charge is -2.37. The molecular weight excluding hydrogens is 350 g/mol. The zero-order valence-electron chi connectivity index (χ0n) is 17.0. The molecule has 3 heterocycles. The monoisotopic (exact) mass is 381 g/mol. The minimum atomic E-state index is -1.04. The van der Waals surface area contributed by atoms with E-state index in [1.165, 1.54) is 4.90 Å². The smallest absolute Gasteiger partial charge is 0.246 e. The third kappa shape index (κ3) is 2.76. The zero-order chi connectivity index (χ0) is 20.4. The van der Waals surface area contributed by atoms with Crippen LogP contribution < -0.4 is 10.6 Å². The summed E-state index contributed by atoms with van der Waals surface area (Å²) in [5, 5.41) is 15.3. The minimum Gasteiger partial charge on any atom is -0.394 e. The summed E-state index contributed by atoms with van der Waals surface area (Å²) in [7, 11) is 1.54. The highest BCUT2D eigenvalue weighted by Crippen LogP contribution is 2.63. The fourth-order valence-corrected chi connectivity index (χ4v) is 5.22. The molecule has 27 heavy (non-hydrogen) atoms. The van der Waals surface area contributed by atoms with Crippen molar-refractivity contribution in [1.82, 2.24) is 15.5 Å². The first-order chi connectivity index (χ1) is 12.4. The Labute approximate surface area is 160 Å². The predicted molar refractivity (Wildman–Crippen MR) is 97.6 cm³/mol. The van der Waals surface area contributed by atoms with Crippen LogP contribution in [0.2, 0.25) is 0 Å². The Morgan fingerprint density at radius 2 is 1.96 bits per heavy atom. The van der Waals surface area contributed by atoms with Crippen LogP contribution in [0.5, 0.6) is 0 Å². The van der Waals surface area contributed by atoms with Gasteiger partial charge in [-0.25, -0.2) is 0 Å². The number of aliphatic hydroxyl groups excluding tert-OH is 1. The van der Waals surface area contributed by atoms with Crippen LogP contribution in [0.3, 0.4) is 0 Å². The van der Waals surface area contributed by atoms with E-state index in [0.29, 0.717) is 12.8 Å². The van der Waals surface area contributed by atoms with E-state index in [1.54, 1.807) is 14.0 Å². The van der Waals surface area contributed by atoms with Crippen LogP contribution in [0.1, 0.15) is 47.5 Å². The molecule has 8 heteroatoms. The average Bonchev–Trinajstić information content (AvgIpc) is 3.13. The van der Waals surface area contributed by atoms with Gasteiger partial charge in [-0.15, -0.1) is 0 Å². The number of amides is 3. The van der Waals surface area contributed by atoms with Crippen LogP contribution in [0.4, 0.5) is 0 Å². The molecule has 3 rings (SSSR count). The lowest BCUT2D eigenvalue weighted by molar-refractivity contribution is -0.149. The number of carbonyl (C=O) groups excluding carboxylic acids is 3. The van der Waals surface area contributed by atoms with E-state index in [1.807, 2.05) is 27.7 Å². The number of rotatable bonds is 4. The number of ether oxygens (including phenoxy) is 1. The molecule has 2 bridgehead atoms. The Balaban J connectivity index is 2.10. The molecule has 2 unspecified atom stereocenters. The standard InChI is InChI=1S/C19H31N3O5/c1-10(9-23)22-13(15(25)21-17(2,3)4)19-8-7-18(5,27-19)11(14(24)20-6)12(19)16(22)26/h10-13,23H,7-9H2,1-6H3,(H,20,24)(H,21,25)/t10-,11+,12+,13?,18-,19?/m1/s1. The molecule has 1 spiro atoms. The van der Waals surface area contributed by atoms with Gasteiger partial charge in [-0.2, -0.15) is 0 Å². The van der Waals surface area contributed by atoms with Crippen molar-refractivity contribution in [3.05, 3.63) is 0 Å². The van der Waals surface area contributed by atoms with Crippen molar-refractivity contribution in [2.45, 2.75) is 76.3 Å². The van der Waals surface area contributed by atoms with Gasteiger partial charge >= 0.3 is 0 Å². The van der Waals surface area contributed by atoms with Crippen LogP contribution >= 0.6 is 0 Å². The van der Waals surface area contributed by atoms with Crippen LogP contribution in [0, 0.1) is 11.8 Å². The predicted octanol–water partition coefficient (Wildman–Crippen LogP) is -0.207. The van der Waals surface area contributed by atoms with Gasteiger partial charge in [0.1, 0.15) is 11.6 Å². The first-order valence-corrected chi connectivity index (χ1v) is 9.58. The highest BCUT2D eigenvalue weighted by atomic mass is 16.5. The van der Waals surface area contributed by atoms with Gasteiger partial charge in [-0.3, -0.25) is 14.4 Å². The SMILES string of the molecule is CNC(=O)[C@@H]1[C@H]2C(=O)N([C@H](C)CO)C(C(=O)NC(C)(C)C)C23CC[C@@]1(C)O3. The van der Waals surface area contributed by atoms with Crippen molar-refractivity contribution in [1.29, 1.82) is 0 Å². The molecule has 6 atom stereocenters. The maximum atomic E-state index is 13.4. The number of likely N-dealkylation sites (tertiary alicyclic amines) is 1. The van der Waals surface area contributed by atoms with Crippen LogP contribution in [0.25, 0.3) is 0 Å². The van der Waals surface area contributed by atoms with Crippen molar-refractivity contribution in [2.75, 3.05) is 13.7 Å². The molecule has 0 aromatic heterocycles. The first-order valence-electron chi connectivity index (χ1n) is 9.58. The second-order valence-electron chi connectivity index (χ2n) is 9.36. The number of hydrogen-bond donors (Lipinski definition) is 3. The van der Waals surface area contributed by atoms with Gasteiger partial charge < -0.3 is 25.4 Å². The van der Waals surface area contributed by atoms with E-state index in [-0.39, 0.29) is 24.3 Å². The number of nitrogens with zero attached hydrogens (tertiary/aromatic N) is 1. The summed E-state index contributed by atoms with van der Waals surface area (Å²) in [5.74, 6) is -2.21. The summed E-state index contributed by atoms with van der Waals surface area (Å²) in [6.07, 6.45) is 1.14. The van der Waals surface area contributed by atoms with Gasteiger partial charge in [0.25, 0.3) is 0 Å². The molecule has 3 N–H and O–H groups in total. The van der Waals surface area contributed by atoms with Crippen LogP contribution in [0.15, 0.2) is 0 Å². The maximum absolute atomic E-state index is 13.4. The highest BCUT2D eigenvalue weighted by molar-refractivity contribution is 5.99. The second-order valence-corrected chi connectivity index (χ2v) is 9.36. The third-order valence-corrected chi connectivity index (χ3v) is 6.23. The normalized spacial score (nSPS) is 38.7. The van der Waals surface area contributed by atoms with E-state index < -0.39 is 40.7 Å². The number of hydrogen-bond acceptors (Lipinski definition) is 5. The maximum Gasteiger partial charge on any atom is 0.246 e. The zero-order valence-corrected chi connectivity index (χ0v) is 17.0. The fraction of sp³-hybridized carbons (Fsp3) is 0.842. The van der Waals surface area contributed by atoms with Gasteiger partial charge in [-0.1, -0.05) is 0 Å². The molecule has 3 aliphatic heterocycles. The van der Waals surface area contributed by atoms with E-state index >= 15 is 0 Å². The quantitative estimate of drug-likeness (QED) is 0.625.